The molecule has 0 amide bonds. The highest BCUT2D eigenvalue weighted by Gasteiger charge is 2.22. The molecule has 0 aromatic rings. The molecule has 0 heterocycles. The van der Waals surface area contributed by atoms with E-state index in [1.807, 2.05) is 0 Å². The minimum Gasteiger partial charge on any atom is -0.396 e. The van der Waals surface area contributed by atoms with Gasteiger partial charge in [-0.05, 0) is 31.6 Å². The van der Waals surface area contributed by atoms with Gasteiger partial charge in [0.05, 0.1) is 6.10 Å². The Labute approximate surface area is 68.2 Å². The minimum absolute atomic E-state index is 0.148. The summed E-state index contributed by atoms with van der Waals surface area (Å²) in [5.41, 5.74) is 0. The molecule has 1 atom stereocenters. The Hall–Kier alpha value is -0.0800. The van der Waals surface area contributed by atoms with Crippen molar-refractivity contribution in [3.05, 3.63) is 0 Å². The lowest BCUT2D eigenvalue weighted by Crippen LogP contribution is -2.17. The third kappa shape index (κ3) is 2.80. The second-order valence-corrected chi connectivity index (χ2v) is 3.48. The summed E-state index contributed by atoms with van der Waals surface area (Å²) in [6.07, 6.45) is 6.31. The molecule has 1 fully saturated rings. The fourth-order valence-electron chi connectivity index (χ4n) is 1.88. The van der Waals surface area contributed by atoms with E-state index in [-0.39, 0.29) is 12.7 Å². The second kappa shape index (κ2) is 4.73. The Morgan fingerprint density at radius 1 is 1.27 bits per heavy atom. The molecule has 0 aliphatic heterocycles. The fraction of sp³-hybridized carbons (Fsp3) is 1.00. The van der Waals surface area contributed by atoms with E-state index in [0.717, 1.165) is 12.8 Å². The van der Waals surface area contributed by atoms with Crippen LogP contribution in [0.4, 0.5) is 0 Å². The number of rotatable bonds is 4. The van der Waals surface area contributed by atoms with Crippen LogP contribution in [0.1, 0.15) is 38.5 Å². The van der Waals surface area contributed by atoms with Crippen LogP contribution in [0.15, 0.2) is 0 Å². The highest BCUT2D eigenvalue weighted by Crippen LogP contribution is 2.29. The third-order valence-electron chi connectivity index (χ3n) is 2.60. The first-order valence-electron chi connectivity index (χ1n) is 4.63. The predicted octanol–water partition coefficient (Wildman–Crippen LogP) is 1.31. The van der Waals surface area contributed by atoms with Crippen molar-refractivity contribution >= 4 is 0 Å². The zero-order valence-corrected chi connectivity index (χ0v) is 7.00. The quantitative estimate of drug-likeness (QED) is 0.647. The summed E-state index contributed by atoms with van der Waals surface area (Å²) in [5, 5.41) is 18.1. The van der Waals surface area contributed by atoms with Crippen molar-refractivity contribution in [1.82, 2.24) is 0 Å². The number of aliphatic hydroxyl groups is 2. The average molecular weight is 158 g/mol. The van der Waals surface area contributed by atoms with E-state index in [1.165, 1.54) is 25.7 Å². The van der Waals surface area contributed by atoms with Crippen molar-refractivity contribution in [2.45, 2.75) is 44.6 Å². The summed E-state index contributed by atoms with van der Waals surface area (Å²) in [5.74, 6) is 0.529. The van der Waals surface area contributed by atoms with Crippen LogP contribution < -0.4 is 0 Å². The summed E-state index contributed by atoms with van der Waals surface area (Å²) in [6.45, 7) is 0.212. The van der Waals surface area contributed by atoms with Crippen LogP contribution in [-0.2, 0) is 0 Å². The molecule has 0 saturated heterocycles. The molecule has 66 valence electrons. The van der Waals surface area contributed by atoms with Gasteiger partial charge in [-0.15, -0.1) is 0 Å². The van der Waals surface area contributed by atoms with E-state index in [0.29, 0.717) is 5.92 Å². The lowest BCUT2D eigenvalue weighted by Gasteiger charge is -2.16. The van der Waals surface area contributed by atoms with Gasteiger partial charge < -0.3 is 10.2 Å². The van der Waals surface area contributed by atoms with Crippen LogP contribution in [0.3, 0.4) is 0 Å². The lowest BCUT2D eigenvalue weighted by molar-refractivity contribution is 0.0931. The summed E-state index contributed by atoms with van der Waals surface area (Å²) >= 11 is 0. The second-order valence-electron chi connectivity index (χ2n) is 3.48. The molecule has 0 radical (unpaired) electrons. The van der Waals surface area contributed by atoms with Crippen LogP contribution in [0.2, 0.25) is 0 Å². The molecule has 0 aromatic carbocycles. The fourth-order valence-corrected chi connectivity index (χ4v) is 1.88. The third-order valence-corrected chi connectivity index (χ3v) is 2.60. The van der Waals surface area contributed by atoms with Gasteiger partial charge in [0.2, 0.25) is 0 Å². The molecule has 1 saturated carbocycles. The summed E-state index contributed by atoms with van der Waals surface area (Å²) in [4.78, 5) is 0. The van der Waals surface area contributed by atoms with Crippen LogP contribution in [-0.4, -0.2) is 22.9 Å². The molecule has 1 rings (SSSR count). The molecule has 2 nitrogen and oxygen atoms in total. The molecule has 11 heavy (non-hydrogen) atoms. The minimum atomic E-state index is -0.148. The molecular formula is C9H18O2. The SMILES string of the molecule is OCCCC(O)C1CCCC1. The van der Waals surface area contributed by atoms with Crippen LogP contribution in [0, 0.1) is 5.92 Å². The highest BCUT2D eigenvalue weighted by atomic mass is 16.3. The Morgan fingerprint density at radius 3 is 2.45 bits per heavy atom. The summed E-state index contributed by atoms with van der Waals surface area (Å²) in [7, 11) is 0. The van der Waals surface area contributed by atoms with Gasteiger partial charge in [0.25, 0.3) is 0 Å². The zero-order chi connectivity index (χ0) is 8.10. The van der Waals surface area contributed by atoms with E-state index in [1.54, 1.807) is 0 Å². The van der Waals surface area contributed by atoms with E-state index in [9.17, 15) is 5.11 Å². The van der Waals surface area contributed by atoms with E-state index >= 15 is 0 Å². The first kappa shape index (κ1) is 9.01. The van der Waals surface area contributed by atoms with Crippen molar-refractivity contribution in [1.29, 1.82) is 0 Å². The van der Waals surface area contributed by atoms with Crippen molar-refractivity contribution in [2.75, 3.05) is 6.61 Å². The van der Waals surface area contributed by atoms with Crippen molar-refractivity contribution in [3.8, 4) is 0 Å². The Morgan fingerprint density at radius 2 is 1.91 bits per heavy atom. The predicted molar refractivity (Wildman–Crippen MR) is 44.3 cm³/mol. The van der Waals surface area contributed by atoms with Crippen molar-refractivity contribution < 1.29 is 10.2 Å². The van der Waals surface area contributed by atoms with Gasteiger partial charge in [0, 0.05) is 6.61 Å². The normalized spacial score (nSPS) is 22.4. The topological polar surface area (TPSA) is 40.5 Å². The molecular weight excluding hydrogens is 140 g/mol. The maximum atomic E-state index is 9.57. The van der Waals surface area contributed by atoms with E-state index < -0.39 is 0 Å². The Kier molecular flexibility index (Phi) is 3.87. The largest absolute Gasteiger partial charge is 0.396 e. The van der Waals surface area contributed by atoms with Crippen LogP contribution in [0.25, 0.3) is 0 Å². The lowest BCUT2D eigenvalue weighted by atomic mass is 9.97. The molecule has 0 spiro atoms. The molecule has 2 heteroatoms. The molecule has 1 aliphatic carbocycles. The van der Waals surface area contributed by atoms with E-state index in [2.05, 4.69) is 0 Å². The number of hydrogen-bond donors (Lipinski definition) is 2. The van der Waals surface area contributed by atoms with Gasteiger partial charge >= 0.3 is 0 Å². The van der Waals surface area contributed by atoms with Gasteiger partial charge in [0.15, 0.2) is 0 Å². The molecule has 1 unspecified atom stereocenters. The first-order valence-corrected chi connectivity index (χ1v) is 4.63. The summed E-state index contributed by atoms with van der Waals surface area (Å²) < 4.78 is 0. The Balaban J connectivity index is 2.12. The zero-order valence-electron chi connectivity index (χ0n) is 7.00. The smallest absolute Gasteiger partial charge is 0.0569 e. The van der Waals surface area contributed by atoms with Gasteiger partial charge in [-0.2, -0.15) is 0 Å². The average Bonchev–Trinajstić information content (AvgIpc) is 2.52. The highest BCUT2D eigenvalue weighted by molar-refractivity contribution is 4.74. The van der Waals surface area contributed by atoms with Gasteiger partial charge in [0.1, 0.15) is 0 Å². The van der Waals surface area contributed by atoms with Gasteiger partial charge in [-0.1, -0.05) is 12.8 Å². The Bertz CT molecular complexity index is 97.7. The maximum absolute atomic E-state index is 9.57. The molecule has 2 N–H and O–H groups in total. The van der Waals surface area contributed by atoms with Crippen molar-refractivity contribution in [2.24, 2.45) is 5.92 Å². The monoisotopic (exact) mass is 158 g/mol. The van der Waals surface area contributed by atoms with Gasteiger partial charge in [-0.25, -0.2) is 0 Å². The van der Waals surface area contributed by atoms with E-state index in [4.69, 9.17) is 5.11 Å². The van der Waals surface area contributed by atoms with Gasteiger partial charge in [-0.3, -0.25) is 0 Å². The van der Waals surface area contributed by atoms with Crippen LogP contribution >= 0.6 is 0 Å². The molecule has 0 bridgehead atoms. The van der Waals surface area contributed by atoms with Crippen molar-refractivity contribution in [3.63, 3.8) is 0 Å². The maximum Gasteiger partial charge on any atom is 0.0569 e. The summed E-state index contributed by atoms with van der Waals surface area (Å²) in [6, 6.07) is 0. The molecule has 0 aromatic heterocycles. The number of hydrogen-bond acceptors (Lipinski definition) is 2. The molecule has 1 aliphatic rings. The van der Waals surface area contributed by atoms with Crippen LogP contribution in [0.5, 0.6) is 0 Å². The standard InChI is InChI=1S/C9H18O2/c10-7-3-6-9(11)8-4-1-2-5-8/h8-11H,1-7H2. The number of aliphatic hydroxyl groups excluding tert-OH is 2. The first-order chi connectivity index (χ1) is 5.34.